The Morgan fingerprint density at radius 2 is 2.12 bits per heavy atom. The number of carbonyl (C=O) groups is 2. The normalized spacial score (nSPS) is 17.3. The van der Waals surface area contributed by atoms with E-state index in [-0.39, 0.29) is 30.3 Å². The van der Waals surface area contributed by atoms with E-state index in [9.17, 15) is 9.59 Å². The van der Waals surface area contributed by atoms with Crippen LogP contribution >= 0.6 is 0 Å². The van der Waals surface area contributed by atoms with Gasteiger partial charge in [0.05, 0.1) is 23.7 Å². The van der Waals surface area contributed by atoms with Gasteiger partial charge in [0.25, 0.3) is 5.91 Å². The molecule has 5 nitrogen and oxygen atoms in total. The fraction of sp³-hybridized carbons (Fsp3) is 0.350. The molecule has 1 aromatic carbocycles. The highest BCUT2D eigenvalue weighted by molar-refractivity contribution is 6.11. The Morgan fingerprint density at radius 1 is 1.32 bits per heavy atom. The molecule has 1 aliphatic rings. The number of hydrogen-bond donors (Lipinski definition) is 1. The number of pyridine rings is 1. The number of aryl methyl sites for hydroxylation is 1. The lowest BCUT2D eigenvalue weighted by Gasteiger charge is -2.25. The van der Waals surface area contributed by atoms with Crippen molar-refractivity contribution in [2.45, 2.75) is 45.7 Å². The average Bonchev–Trinajstić information content (AvgIpc) is 2.87. The molecule has 5 heteroatoms. The van der Waals surface area contributed by atoms with Crippen LogP contribution in [0.2, 0.25) is 0 Å². The van der Waals surface area contributed by atoms with Crippen LogP contribution < -0.4 is 10.2 Å². The highest BCUT2D eigenvalue weighted by atomic mass is 16.2. The number of hydrogen-bond acceptors (Lipinski definition) is 3. The molecule has 0 bridgehead atoms. The second-order valence-electron chi connectivity index (χ2n) is 6.55. The van der Waals surface area contributed by atoms with Gasteiger partial charge in [0, 0.05) is 17.9 Å². The highest BCUT2D eigenvalue weighted by Gasteiger charge is 2.39. The SMILES string of the molecule is CC[C@H](C)NC(=O)C[C@H]1c2ncccc2C(=O)N1c1cccc(C)c1. The van der Waals surface area contributed by atoms with E-state index in [0.717, 1.165) is 17.7 Å². The fourth-order valence-corrected chi connectivity index (χ4v) is 3.13. The Balaban J connectivity index is 1.95. The number of amides is 2. The molecule has 2 amide bonds. The van der Waals surface area contributed by atoms with Crippen molar-refractivity contribution in [1.82, 2.24) is 10.3 Å². The van der Waals surface area contributed by atoms with E-state index in [1.165, 1.54) is 0 Å². The number of aromatic nitrogens is 1. The van der Waals surface area contributed by atoms with Gasteiger partial charge in [-0.3, -0.25) is 19.5 Å². The Bertz CT molecular complexity index is 803. The van der Waals surface area contributed by atoms with Crippen molar-refractivity contribution in [3.05, 3.63) is 59.4 Å². The first-order valence-electron chi connectivity index (χ1n) is 8.65. The molecule has 0 radical (unpaired) electrons. The third-order valence-electron chi connectivity index (χ3n) is 4.59. The number of rotatable bonds is 5. The summed E-state index contributed by atoms with van der Waals surface area (Å²) >= 11 is 0. The molecular weight excluding hydrogens is 314 g/mol. The predicted octanol–water partition coefficient (Wildman–Crippen LogP) is 3.40. The van der Waals surface area contributed by atoms with Crippen molar-refractivity contribution < 1.29 is 9.59 Å². The molecule has 0 saturated heterocycles. The molecule has 130 valence electrons. The molecule has 2 atom stereocenters. The molecule has 1 aliphatic heterocycles. The minimum Gasteiger partial charge on any atom is -0.354 e. The van der Waals surface area contributed by atoms with Gasteiger partial charge in [-0.25, -0.2) is 0 Å². The van der Waals surface area contributed by atoms with Crippen molar-refractivity contribution >= 4 is 17.5 Å². The maximum absolute atomic E-state index is 12.9. The smallest absolute Gasteiger partial charge is 0.260 e. The van der Waals surface area contributed by atoms with Crippen molar-refractivity contribution in [2.24, 2.45) is 0 Å². The van der Waals surface area contributed by atoms with Crippen LogP contribution in [0.15, 0.2) is 42.6 Å². The molecule has 3 rings (SSSR count). The topological polar surface area (TPSA) is 62.3 Å². The lowest BCUT2D eigenvalue weighted by Crippen LogP contribution is -2.36. The summed E-state index contributed by atoms with van der Waals surface area (Å²) in [6, 6.07) is 11.0. The summed E-state index contributed by atoms with van der Waals surface area (Å²) in [7, 11) is 0. The summed E-state index contributed by atoms with van der Waals surface area (Å²) in [5.41, 5.74) is 3.11. The second-order valence-corrected chi connectivity index (χ2v) is 6.55. The van der Waals surface area contributed by atoms with Gasteiger partial charge in [-0.1, -0.05) is 19.1 Å². The highest BCUT2D eigenvalue weighted by Crippen LogP contribution is 2.38. The largest absolute Gasteiger partial charge is 0.354 e. The molecule has 0 aliphatic carbocycles. The summed E-state index contributed by atoms with van der Waals surface area (Å²) in [5, 5.41) is 2.98. The molecule has 2 aromatic rings. The summed E-state index contributed by atoms with van der Waals surface area (Å²) in [6.45, 7) is 5.99. The first kappa shape index (κ1) is 17.1. The summed E-state index contributed by atoms with van der Waals surface area (Å²) in [4.78, 5) is 31.5. The van der Waals surface area contributed by atoms with E-state index >= 15 is 0 Å². The van der Waals surface area contributed by atoms with Crippen LogP contribution in [0.3, 0.4) is 0 Å². The first-order valence-corrected chi connectivity index (χ1v) is 8.65. The van der Waals surface area contributed by atoms with Crippen LogP contribution in [0.1, 0.15) is 54.3 Å². The maximum atomic E-state index is 12.9. The van der Waals surface area contributed by atoms with Gasteiger partial charge in [-0.2, -0.15) is 0 Å². The fourth-order valence-electron chi connectivity index (χ4n) is 3.13. The molecule has 25 heavy (non-hydrogen) atoms. The van der Waals surface area contributed by atoms with Crippen LogP contribution in [-0.2, 0) is 4.79 Å². The monoisotopic (exact) mass is 337 g/mol. The zero-order valence-electron chi connectivity index (χ0n) is 14.8. The number of fused-ring (bicyclic) bond motifs is 1. The standard InChI is InChI=1S/C20H23N3O2/c1-4-14(3)22-18(24)12-17-19-16(9-6-10-21-19)20(25)23(17)15-8-5-7-13(2)11-15/h5-11,14,17H,4,12H2,1-3H3,(H,22,24)/t14-,17-/m0/s1. The number of carbonyl (C=O) groups excluding carboxylic acids is 2. The quantitative estimate of drug-likeness (QED) is 0.909. The molecule has 0 saturated carbocycles. The van der Waals surface area contributed by atoms with Crippen LogP contribution in [0.25, 0.3) is 0 Å². The first-order chi connectivity index (χ1) is 12.0. The Labute approximate surface area is 148 Å². The predicted molar refractivity (Wildman–Crippen MR) is 97.5 cm³/mol. The molecule has 1 aromatic heterocycles. The average molecular weight is 337 g/mol. The van der Waals surface area contributed by atoms with Crippen molar-refractivity contribution in [3.8, 4) is 0 Å². The van der Waals surface area contributed by atoms with Gasteiger partial charge in [0.2, 0.25) is 5.91 Å². The minimum absolute atomic E-state index is 0.0664. The van der Waals surface area contributed by atoms with Gasteiger partial charge in [0.15, 0.2) is 0 Å². The zero-order valence-corrected chi connectivity index (χ0v) is 14.8. The summed E-state index contributed by atoms with van der Waals surface area (Å²) in [5.74, 6) is -0.168. The van der Waals surface area contributed by atoms with E-state index in [0.29, 0.717) is 11.3 Å². The Morgan fingerprint density at radius 3 is 2.84 bits per heavy atom. The molecule has 0 fully saturated rings. The van der Waals surface area contributed by atoms with Gasteiger partial charge in [-0.05, 0) is 50.1 Å². The van der Waals surface area contributed by atoms with E-state index in [1.807, 2.05) is 45.0 Å². The lowest BCUT2D eigenvalue weighted by molar-refractivity contribution is -0.122. The second kappa shape index (κ2) is 7.05. The van der Waals surface area contributed by atoms with Crippen LogP contribution in [-0.4, -0.2) is 22.8 Å². The third-order valence-corrected chi connectivity index (χ3v) is 4.59. The molecule has 1 N–H and O–H groups in total. The molecular formula is C20H23N3O2. The summed E-state index contributed by atoms with van der Waals surface area (Å²) in [6.07, 6.45) is 2.74. The van der Waals surface area contributed by atoms with Gasteiger partial charge < -0.3 is 5.32 Å². The van der Waals surface area contributed by atoms with Gasteiger partial charge >= 0.3 is 0 Å². The Hall–Kier alpha value is -2.69. The Kier molecular flexibility index (Phi) is 4.83. The van der Waals surface area contributed by atoms with Crippen molar-refractivity contribution in [1.29, 1.82) is 0 Å². The minimum atomic E-state index is -0.380. The molecule has 0 unspecified atom stereocenters. The lowest BCUT2D eigenvalue weighted by atomic mass is 10.1. The van der Waals surface area contributed by atoms with Crippen LogP contribution in [0, 0.1) is 6.92 Å². The van der Waals surface area contributed by atoms with Gasteiger partial charge in [0.1, 0.15) is 0 Å². The van der Waals surface area contributed by atoms with E-state index in [4.69, 9.17) is 0 Å². The van der Waals surface area contributed by atoms with Gasteiger partial charge in [-0.15, -0.1) is 0 Å². The third kappa shape index (κ3) is 3.40. The van der Waals surface area contributed by atoms with Crippen molar-refractivity contribution in [3.63, 3.8) is 0 Å². The van der Waals surface area contributed by atoms with Crippen LogP contribution in [0.4, 0.5) is 5.69 Å². The number of anilines is 1. The summed E-state index contributed by atoms with van der Waals surface area (Å²) < 4.78 is 0. The van der Waals surface area contributed by atoms with Crippen molar-refractivity contribution in [2.75, 3.05) is 4.90 Å². The maximum Gasteiger partial charge on any atom is 0.260 e. The number of nitrogens with one attached hydrogen (secondary N) is 1. The van der Waals surface area contributed by atoms with Crippen LogP contribution in [0.5, 0.6) is 0 Å². The molecule has 0 spiro atoms. The molecule has 2 heterocycles. The van der Waals surface area contributed by atoms with E-state index in [1.54, 1.807) is 23.2 Å². The zero-order chi connectivity index (χ0) is 18.0. The number of nitrogens with zero attached hydrogens (tertiary/aromatic N) is 2. The van der Waals surface area contributed by atoms with E-state index in [2.05, 4.69) is 10.3 Å². The van der Waals surface area contributed by atoms with E-state index < -0.39 is 0 Å². The number of benzene rings is 1.